The second kappa shape index (κ2) is 5.83. The van der Waals surface area contributed by atoms with Crippen molar-refractivity contribution in [3.8, 4) is 5.75 Å². The van der Waals surface area contributed by atoms with Gasteiger partial charge in [0.15, 0.2) is 0 Å². The standard InChI is InChI=1S/C14H13N3O3/c1-20-11-5-3-10(4-6-11)17-14(19)9-2-7-12(13(15)18)16-8-9/h2-8H,1H3,(H2,15,18)(H,17,19). The Morgan fingerprint density at radius 2 is 1.85 bits per heavy atom. The molecule has 2 aromatic rings. The number of anilines is 1. The smallest absolute Gasteiger partial charge is 0.267 e. The summed E-state index contributed by atoms with van der Waals surface area (Å²) in [6.07, 6.45) is 1.30. The van der Waals surface area contributed by atoms with E-state index in [9.17, 15) is 9.59 Å². The van der Waals surface area contributed by atoms with Gasteiger partial charge in [-0.25, -0.2) is 0 Å². The molecule has 0 atom stereocenters. The fourth-order valence-corrected chi connectivity index (χ4v) is 1.55. The Hall–Kier alpha value is -2.89. The zero-order valence-electron chi connectivity index (χ0n) is 10.8. The number of rotatable bonds is 4. The third kappa shape index (κ3) is 3.11. The van der Waals surface area contributed by atoms with Crippen LogP contribution in [0.5, 0.6) is 5.75 Å². The normalized spacial score (nSPS) is 9.85. The molecule has 0 bridgehead atoms. The largest absolute Gasteiger partial charge is 0.497 e. The number of nitrogens with zero attached hydrogens (tertiary/aromatic N) is 1. The number of hydrogen-bond donors (Lipinski definition) is 2. The highest BCUT2D eigenvalue weighted by Crippen LogP contribution is 2.15. The van der Waals surface area contributed by atoms with Crippen LogP contribution in [-0.2, 0) is 0 Å². The topological polar surface area (TPSA) is 94.3 Å². The maximum atomic E-state index is 12.0. The molecule has 6 heteroatoms. The van der Waals surface area contributed by atoms with Crippen molar-refractivity contribution in [1.82, 2.24) is 4.98 Å². The maximum absolute atomic E-state index is 12.0. The SMILES string of the molecule is COc1ccc(NC(=O)c2ccc(C(N)=O)nc2)cc1. The lowest BCUT2D eigenvalue weighted by molar-refractivity contribution is 0.0990. The van der Waals surface area contributed by atoms with Crippen molar-refractivity contribution in [3.05, 3.63) is 53.9 Å². The fourth-order valence-electron chi connectivity index (χ4n) is 1.55. The van der Waals surface area contributed by atoms with Gasteiger partial charge in [0.25, 0.3) is 11.8 Å². The Labute approximate surface area is 115 Å². The molecule has 1 aromatic carbocycles. The van der Waals surface area contributed by atoms with E-state index in [1.165, 1.54) is 18.3 Å². The summed E-state index contributed by atoms with van der Waals surface area (Å²) in [6.45, 7) is 0. The summed E-state index contributed by atoms with van der Waals surface area (Å²) >= 11 is 0. The van der Waals surface area contributed by atoms with Crippen molar-refractivity contribution in [3.63, 3.8) is 0 Å². The molecular weight excluding hydrogens is 258 g/mol. The molecule has 102 valence electrons. The number of benzene rings is 1. The molecule has 3 N–H and O–H groups in total. The second-order valence-electron chi connectivity index (χ2n) is 3.98. The van der Waals surface area contributed by atoms with Crippen LogP contribution in [0.15, 0.2) is 42.6 Å². The van der Waals surface area contributed by atoms with Crippen LogP contribution in [-0.4, -0.2) is 23.9 Å². The van der Waals surface area contributed by atoms with Crippen molar-refractivity contribution in [1.29, 1.82) is 0 Å². The lowest BCUT2D eigenvalue weighted by Gasteiger charge is -2.06. The van der Waals surface area contributed by atoms with Crippen molar-refractivity contribution in [2.75, 3.05) is 12.4 Å². The average Bonchev–Trinajstić information content (AvgIpc) is 2.48. The number of pyridine rings is 1. The van der Waals surface area contributed by atoms with Crippen LogP contribution in [0.3, 0.4) is 0 Å². The molecule has 0 spiro atoms. The van der Waals surface area contributed by atoms with E-state index in [2.05, 4.69) is 10.3 Å². The maximum Gasteiger partial charge on any atom is 0.267 e. The van der Waals surface area contributed by atoms with E-state index in [1.807, 2.05) is 0 Å². The van der Waals surface area contributed by atoms with Gasteiger partial charge in [-0.3, -0.25) is 14.6 Å². The summed E-state index contributed by atoms with van der Waals surface area (Å²) in [5.41, 5.74) is 6.17. The summed E-state index contributed by atoms with van der Waals surface area (Å²) in [5.74, 6) is -0.249. The summed E-state index contributed by atoms with van der Waals surface area (Å²) in [7, 11) is 1.57. The van der Waals surface area contributed by atoms with Gasteiger partial charge in [0.2, 0.25) is 0 Å². The van der Waals surface area contributed by atoms with Crippen LogP contribution >= 0.6 is 0 Å². The molecule has 0 aliphatic heterocycles. The van der Waals surface area contributed by atoms with Crippen molar-refractivity contribution in [2.45, 2.75) is 0 Å². The molecule has 0 fully saturated rings. The summed E-state index contributed by atoms with van der Waals surface area (Å²) in [6, 6.07) is 9.83. The molecule has 0 unspecified atom stereocenters. The minimum atomic E-state index is -0.632. The van der Waals surface area contributed by atoms with E-state index in [0.29, 0.717) is 17.0 Å². The minimum absolute atomic E-state index is 0.117. The van der Waals surface area contributed by atoms with Gasteiger partial charge in [0, 0.05) is 11.9 Å². The van der Waals surface area contributed by atoms with Crippen LogP contribution in [0.2, 0.25) is 0 Å². The van der Waals surface area contributed by atoms with Gasteiger partial charge in [-0.05, 0) is 36.4 Å². The van der Waals surface area contributed by atoms with Crippen molar-refractivity contribution in [2.24, 2.45) is 5.73 Å². The van der Waals surface area contributed by atoms with Gasteiger partial charge >= 0.3 is 0 Å². The first-order valence-electron chi connectivity index (χ1n) is 5.81. The minimum Gasteiger partial charge on any atom is -0.497 e. The first-order chi connectivity index (χ1) is 9.60. The van der Waals surface area contributed by atoms with Gasteiger partial charge in [0.1, 0.15) is 11.4 Å². The van der Waals surface area contributed by atoms with E-state index in [0.717, 1.165) is 0 Å². The van der Waals surface area contributed by atoms with Crippen molar-refractivity contribution < 1.29 is 14.3 Å². The van der Waals surface area contributed by atoms with Crippen LogP contribution in [0.25, 0.3) is 0 Å². The van der Waals surface area contributed by atoms with Gasteiger partial charge in [-0.2, -0.15) is 0 Å². The van der Waals surface area contributed by atoms with Crippen LogP contribution in [0, 0.1) is 0 Å². The lowest BCUT2D eigenvalue weighted by atomic mass is 10.2. The molecule has 0 radical (unpaired) electrons. The number of aromatic nitrogens is 1. The molecule has 2 amide bonds. The molecule has 1 aromatic heterocycles. The summed E-state index contributed by atoms with van der Waals surface area (Å²) in [5, 5.41) is 2.71. The lowest BCUT2D eigenvalue weighted by Crippen LogP contribution is -2.15. The number of hydrogen-bond acceptors (Lipinski definition) is 4. The van der Waals surface area contributed by atoms with Gasteiger partial charge < -0.3 is 15.8 Å². The number of primary amides is 1. The molecule has 6 nitrogen and oxygen atoms in total. The number of ether oxygens (including phenoxy) is 1. The first kappa shape index (κ1) is 13.5. The second-order valence-corrected chi connectivity index (χ2v) is 3.98. The highest BCUT2D eigenvalue weighted by atomic mass is 16.5. The van der Waals surface area contributed by atoms with Gasteiger partial charge in [-0.15, -0.1) is 0 Å². The first-order valence-corrected chi connectivity index (χ1v) is 5.81. The van der Waals surface area contributed by atoms with Crippen LogP contribution in [0.4, 0.5) is 5.69 Å². The van der Waals surface area contributed by atoms with Crippen molar-refractivity contribution >= 4 is 17.5 Å². The Morgan fingerprint density at radius 3 is 2.35 bits per heavy atom. The van der Waals surface area contributed by atoms with E-state index in [-0.39, 0.29) is 11.6 Å². The highest BCUT2D eigenvalue weighted by Gasteiger charge is 2.08. The molecule has 0 aliphatic rings. The Bertz CT molecular complexity index is 621. The summed E-state index contributed by atoms with van der Waals surface area (Å²) in [4.78, 5) is 26.6. The molecule has 2 rings (SSSR count). The van der Waals surface area contributed by atoms with Crippen LogP contribution in [0.1, 0.15) is 20.8 Å². The Kier molecular flexibility index (Phi) is 3.95. The monoisotopic (exact) mass is 271 g/mol. The number of nitrogens with two attached hydrogens (primary N) is 1. The molecule has 0 saturated carbocycles. The molecule has 0 saturated heterocycles. The molecule has 20 heavy (non-hydrogen) atoms. The van der Waals surface area contributed by atoms with Gasteiger partial charge in [0.05, 0.1) is 12.7 Å². The number of nitrogens with one attached hydrogen (secondary N) is 1. The zero-order chi connectivity index (χ0) is 14.5. The predicted octanol–water partition coefficient (Wildman–Crippen LogP) is 1.44. The van der Waals surface area contributed by atoms with E-state index in [1.54, 1.807) is 31.4 Å². The zero-order valence-corrected chi connectivity index (χ0v) is 10.8. The predicted molar refractivity (Wildman–Crippen MR) is 73.7 cm³/mol. The summed E-state index contributed by atoms with van der Waals surface area (Å²) < 4.78 is 5.03. The average molecular weight is 271 g/mol. The number of carbonyl (C=O) groups is 2. The Morgan fingerprint density at radius 1 is 1.15 bits per heavy atom. The third-order valence-corrected chi connectivity index (χ3v) is 2.63. The molecule has 0 aliphatic carbocycles. The number of methoxy groups -OCH3 is 1. The molecular formula is C14H13N3O3. The Balaban J connectivity index is 2.08. The third-order valence-electron chi connectivity index (χ3n) is 2.63. The van der Waals surface area contributed by atoms with E-state index >= 15 is 0 Å². The number of carbonyl (C=O) groups excluding carboxylic acids is 2. The van der Waals surface area contributed by atoms with Crippen LogP contribution < -0.4 is 15.8 Å². The number of amides is 2. The van der Waals surface area contributed by atoms with E-state index in [4.69, 9.17) is 10.5 Å². The fraction of sp³-hybridized carbons (Fsp3) is 0.0714. The molecule has 1 heterocycles. The van der Waals surface area contributed by atoms with E-state index < -0.39 is 5.91 Å². The van der Waals surface area contributed by atoms with Gasteiger partial charge in [-0.1, -0.05) is 0 Å². The quantitative estimate of drug-likeness (QED) is 0.879. The highest BCUT2D eigenvalue weighted by molar-refractivity contribution is 6.04.